The summed E-state index contributed by atoms with van der Waals surface area (Å²) in [5.74, 6) is 0. The summed E-state index contributed by atoms with van der Waals surface area (Å²) in [6, 6.07) is 1.73. The molecule has 13 heavy (non-hydrogen) atoms. The van der Waals surface area contributed by atoms with Crippen molar-refractivity contribution in [2.45, 2.75) is 32.0 Å². The van der Waals surface area contributed by atoms with Crippen LogP contribution in [0.2, 0.25) is 5.02 Å². The van der Waals surface area contributed by atoms with Crippen molar-refractivity contribution in [3.05, 3.63) is 21.3 Å². The third kappa shape index (κ3) is 2.68. The Balaban J connectivity index is 2.67. The van der Waals surface area contributed by atoms with E-state index in [1.165, 1.54) is 11.3 Å². The number of hydrogen-bond acceptors (Lipinski definition) is 3. The molecule has 1 aromatic heterocycles. The molecule has 74 valence electrons. The number of thiophene rings is 1. The number of rotatable bonds is 4. The van der Waals surface area contributed by atoms with E-state index < -0.39 is 12.2 Å². The molecule has 0 aromatic carbocycles. The summed E-state index contributed by atoms with van der Waals surface area (Å²) < 4.78 is 0. The Bertz CT molecular complexity index is 262. The number of aliphatic hydroxyl groups is 2. The Morgan fingerprint density at radius 1 is 1.54 bits per heavy atom. The van der Waals surface area contributed by atoms with Gasteiger partial charge in [-0.1, -0.05) is 24.9 Å². The Morgan fingerprint density at radius 2 is 2.23 bits per heavy atom. The second kappa shape index (κ2) is 4.96. The van der Waals surface area contributed by atoms with E-state index in [9.17, 15) is 10.2 Å². The van der Waals surface area contributed by atoms with Gasteiger partial charge in [0, 0.05) is 0 Å². The maximum Gasteiger partial charge on any atom is 0.115 e. The summed E-state index contributed by atoms with van der Waals surface area (Å²) in [6.07, 6.45) is -0.107. The molecule has 4 heteroatoms. The van der Waals surface area contributed by atoms with E-state index in [-0.39, 0.29) is 0 Å². The van der Waals surface area contributed by atoms with Crippen molar-refractivity contribution in [1.29, 1.82) is 0 Å². The molecule has 0 aliphatic rings. The minimum absolute atomic E-state index is 0.535. The van der Waals surface area contributed by atoms with Crippen LogP contribution in [-0.2, 0) is 0 Å². The van der Waals surface area contributed by atoms with Crippen molar-refractivity contribution in [3.63, 3.8) is 0 Å². The van der Waals surface area contributed by atoms with Crippen LogP contribution >= 0.6 is 22.9 Å². The molecule has 0 aliphatic heterocycles. The number of aliphatic hydroxyl groups excluding tert-OH is 2. The van der Waals surface area contributed by atoms with Gasteiger partial charge in [-0.25, -0.2) is 0 Å². The lowest BCUT2D eigenvalue weighted by Crippen LogP contribution is -2.16. The van der Waals surface area contributed by atoms with E-state index in [0.29, 0.717) is 16.3 Å². The van der Waals surface area contributed by atoms with Gasteiger partial charge < -0.3 is 10.2 Å². The Morgan fingerprint density at radius 3 is 2.69 bits per heavy atom. The zero-order chi connectivity index (χ0) is 9.84. The van der Waals surface area contributed by atoms with E-state index >= 15 is 0 Å². The molecular formula is C9H13ClO2S. The van der Waals surface area contributed by atoms with Gasteiger partial charge in [-0.3, -0.25) is 0 Å². The van der Waals surface area contributed by atoms with Gasteiger partial charge in [0.15, 0.2) is 0 Å². The average Bonchev–Trinajstić information content (AvgIpc) is 2.50. The van der Waals surface area contributed by atoms with Gasteiger partial charge in [0.05, 0.1) is 16.0 Å². The summed E-state index contributed by atoms with van der Waals surface area (Å²) in [5.41, 5.74) is 0. The standard InChI is InChI=1S/C9H13ClO2S/c1-2-3-7(11)8(12)9-6(10)4-5-13-9/h4-5,7-8,11-12H,2-3H2,1H3. The Kier molecular flexibility index (Phi) is 4.19. The highest BCUT2D eigenvalue weighted by atomic mass is 35.5. The minimum Gasteiger partial charge on any atom is -0.390 e. The quantitative estimate of drug-likeness (QED) is 0.819. The van der Waals surface area contributed by atoms with E-state index in [4.69, 9.17) is 11.6 Å². The van der Waals surface area contributed by atoms with Gasteiger partial charge >= 0.3 is 0 Å². The lowest BCUT2D eigenvalue weighted by Gasteiger charge is -2.15. The summed E-state index contributed by atoms with van der Waals surface area (Å²) in [5, 5.41) is 21.5. The summed E-state index contributed by atoms with van der Waals surface area (Å²) in [6.45, 7) is 1.96. The summed E-state index contributed by atoms with van der Waals surface area (Å²) in [4.78, 5) is 0.655. The molecule has 0 bridgehead atoms. The van der Waals surface area contributed by atoms with E-state index in [0.717, 1.165) is 6.42 Å². The van der Waals surface area contributed by atoms with Gasteiger partial charge in [-0.05, 0) is 17.9 Å². The maximum absolute atomic E-state index is 9.67. The first-order chi connectivity index (χ1) is 6.16. The topological polar surface area (TPSA) is 40.5 Å². The van der Waals surface area contributed by atoms with Crippen LogP contribution in [0.15, 0.2) is 11.4 Å². The van der Waals surface area contributed by atoms with Crippen LogP contribution in [0, 0.1) is 0 Å². The molecule has 0 fully saturated rings. The first-order valence-electron chi connectivity index (χ1n) is 4.25. The van der Waals surface area contributed by atoms with Crippen molar-refractivity contribution in [2.75, 3.05) is 0 Å². The molecule has 1 rings (SSSR count). The van der Waals surface area contributed by atoms with Crippen LogP contribution in [-0.4, -0.2) is 16.3 Å². The van der Waals surface area contributed by atoms with Crippen molar-refractivity contribution < 1.29 is 10.2 Å². The SMILES string of the molecule is CCCC(O)C(O)c1sccc1Cl. The average molecular weight is 221 g/mol. The maximum atomic E-state index is 9.67. The fourth-order valence-corrected chi connectivity index (χ4v) is 2.36. The van der Waals surface area contributed by atoms with E-state index in [1.807, 2.05) is 6.92 Å². The van der Waals surface area contributed by atoms with Crippen molar-refractivity contribution >= 4 is 22.9 Å². The molecule has 2 atom stereocenters. The predicted octanol–water partition coefficient (Wildman–Crippen LogP) is 2.60. The van der Waals surface area contributed by atoms with E-state index in [2.05, 4.69) is 0 Å². The van der Waals surface area contributed by atoms with Crippen LogP contribution in [0.4, 0.5) is 0 Å². The second-order valence-electron chi connectivity index (χ2n) is 2.93. The van der Waals surface area contributed by atoms with E-state index in [1.54, 1.807) is 11.4 Å². The smallest absolute Gasteiger partial charge is 0.115 e. The number of hydrogen-bond donors (Lipinski definition) is 2. The molecule has 0 amide bonds. The lowest BCUT2D eigenvalue weighted by molar-refractivity contribution is 0.0153. The second-order valence-corrected chi connectivity index (χ2v) is 4.29. The highest BCUT2D eigenvalue weighted by Gasteiger charge is 2.20. The monoisotopic (exact) mass is 220 g/mol. The van der Waals surface area contributed by atoms with Crippen LogP contribution in [0.25, 0.3) is 0 Å². The highest BCUT2D eigenvalue weighted by molar-refractivity contribution is 7.10. The van der Waals surface area contributed by atoms with Gasteiger partial charge in [0.2, 0.25) is 0 Å². The molecule has 2 N–H and O–H groups in total. The van der Waals surface area contributed by atoms with Gasteiger partial charge in [0.1, 0.15) is 6.10 Å². The van der Waals surface area contributed by atoms with Crippen LogP contribution in [0.3, 0.4) is 0 Å². The van der Waals surface area contributed by atoms with Crippen LogP contribution in [0.5, 0.6) is 0 Å². The molecule has 1 aromatic rings. The molecular weight excluding hydrogens is 208 g/mol. The van der Waals surface area contributed by atoms with Gasteiger partial charge in [-0.2, -0.15) is 0 Å². The molecule has 1 heterocycles. The lowest BCUT2D eigenvalue weighted by atomic mass is 10.1. The molecule has 0 saturated heterocycles. The Hall–Kier alpha value is -0.0900. The number of halogens is 1. The third-order valence-electron chi connectivity index (χ3n) is 1.86. The summed E-state index contributed by atoms with van der Waals surface area (Å²) in [7, 11) is 0. The molecule has 0 spiro atoms. The molecule has 2 nitrogen and oxygen atoms in total. The van der Waals surface area contributed by atoms with Crippen molar-refractivity contribution in [3.8, 4) is 0 Å². The largest absolute Gasteiger partial charge is 0.390 e. The fraction of sp³-hybridized carbons (Fsp3) is 0.556. The van der Waals surface area contributed by atoms with Crippen LogP contribution in [0.1, 0.15) is 30.7 Å². The highest BCUT2D eigenvalue weighted by Crippen LogP contribution is 2.31. The van der Waals surface area contributed by atoms with Gasteiger partial charge in [0.25, 0.3) is 0 Å². The molecule has 0 saturated carbocycles. The van der Waals surface area contributed by atoms with Crippen molar-refractivity contribution in [2.24, 2.45) is 0 Å². The zero-order valence-electron chi connectivity index (χ0n) is 7.40. The van der Waals surface area contributed by atoms with Crippen molar-refractivity contribution in [1.82, 2.24) is 0 Å². The normalized spacial score (nSPS) is 15.7. The first-order valence-corrected chi connectivity index (χ1v) is 5.51. The minimum atomic E-state index is -0.840. The fourth-order valence-electron chi connectivity index (χ4n) is 1.14. The third-order valence-corrected chi connectivity index (χ3v) is 3.29. The van der Waals surface area contributed by atoms with Crippen LogP contribution < -0.4 is 0 Å². The van der Waals surface area contributed by atoms with Gasteiger partial charge in [-0.15, -0.1) is 11.3 Å². The zero-order valence-corrected chi connectivity index (χ0v) is 8.98. The predicted molar refractivity (Wildman–Crippen MR) is 55.2 cm³/mol. The summed E-state index contributed by atoms with van der Waals surface area (Å²) >= 11 is 7.19. The first kappa shape index (κ1) is 11.0. The molecule has 0 aliphatic carbocycles. The molecule has 0 radical (unpaired) electrons. The Labute approximate surface area is 86.8 Å². The molecule has 2 unspecified atom stereocenters.